The number of rotatable bonds is 7. The van der Waals surface area contributed by atoms with Gasteiger partial charge in [-0.2, -0.15) is 0 Å². The Morgan fingerprint density at radius 1 is 1.14 bits per heavy atom. The molecule has 0 atom stereocenters. The maximum atomic E-state index is 12.5. The van der Waals surface area contributed by atoms with E-state index in [1.54, 1.807) is 25.1 Å². The van der Waals surface area contributed by atoms with Gasteiger partial charge in [0, 0.05) is 33.7 Å². The van der Waals surface area contributed by atoms with E-state index in [1.807, 2.05) is 36.6 Å². The van der Waals surface area contributed by atoms with Crippen molar-refractivity contribution >= 4 is 23.4 Å². The number of ether oxygens (including phenoxy) is 2. The van der Waals surface area contributed by atoms with Gasteiger partial charge in [0.15, 0.2) is 13.2 Å². The molecule has 7 nitrogen and oxygen atoms in total. The Labute approximate surface area is 166 Å². The van der Waals surface area contributed by atoms with Gasteiger partial charge in [-0.3, -0.25) is 4.79 Å². The van der Waals surface area contributed by atoms with Crippen LogP contribution >= 0.6 is 11.6 Å². The summed E-state index contributed by atoms with van der Waals surface area (Å²) in [6.07, 6.45) is 0. The SMILES string of the molecule is Cc1cc(OCC(=O)OCC(=O)c2cc(C)n(-c3cccc(Cl)c3)c2C)no1. The number of hydrogen-bond donors (Lipinski definition) is 0. The van der Waals surface area contributed by atoms with Crippen LogP contribution in [0, 0.1) is 20.8 Å². The summed E-state index contributed by atoms with van der Waals surface area (Å²) < 4.78 is 16.9. The second-order valence-electron chi connectivity index (χ2n) is 6.25. The highest BCUT2D eigenvalue weighted by Crippen LogP contribution is 2.23. The molecule has 0 amide bonds. The molecule has 146 valence electrons. The van der Waals surface area contributed by atoms with Gasteiger partial charge in [-0.1, -0.05) is 17.7 Å². The van der Waals surface area contributed by atoms with Crippen LogP contribution < -0.4 is 4.74 Å². The maximum absolute atomic E-state index is 12.5. The number of carbonyl (C=O) groups is 2. The molecular formula is C20H19ClN2O5. The largest absolute Gasteiger partial charge is 0.463 e. The van der Waals surface area contributed by atoms with Crippen LogP contribution in [-0.4, -0.2) is 34.7 Å². The van der Waals surface area contributed by atoms with E-state index in [9.17, 15) is 9.59 Å². The van der Waals surface area contributed by atoms with Crippen molar-refractivity contribution in [2.45, 2.75) is 20.8 Å². The topological polar surface area (TPSA) is 83.6 Å². The lowest BCUT2D eigenvalue weighted by Crippen LogP contribution is -2.20. The number of Topliss-reactive ketones (excluding diaryl/α,β-unsaturated/α-hetero) is 1. The quantitative estimate of drug-likeness (QED) is 0.441. The van der Waals surface area contributed by atoms with Crippen LogP contribution in [0.5, 0.6) is 5.88 Å². The lowest BCUT2D eigenvalue weighted by molar-refractivity contribution is -0.144. The first-order valence-electron chi connectivity index (χ1n) is 8.55. The molecule has 0 saturated carbocycles. The number of aryl methyl sites for hydroxylation is 2. The number of esters is 1. The molecule has 0 aliphatic rings. The molecule has 0 unspecified atom stereocenters. The molecule has 2 aromatic heterocycles. The van der Waals surface area contributed by atoms with Crippen LogP contribution in [0.25, 0.3) is 5.69 Å². The summed E-state index contributed by atoms with van der Waals surface area (Å²) in [5.74, 6) is -0.218. The minimum atomic E-state index is -0.669. The first-order chi connectivity index (χ1) is 13.3. The Bertz CT molecular complexity index is 1020. The Hall–Kier alpha value is -3.06. The van der Waals surface area contributed by atoms with Gasteiger partial charge in [0.05, 0.1) is 0 Å². The van der Waals surface area contributed by atoms with E-state index in [1.165, 1.54) is 0 Å². The Balaban J connectivity index is 1.63. The number of ketones is 1. The maximum Gasteiger partial charge on any atom is 0.344 e. The number of carbonyl (C=O) groups excluding carboxylic acids is 2. The van der Waals surface area contributed by atoms with Gasteiger partial charge in [-0.25, -0.2) is 4.79 Å². The minimum Gasteiger partial charge on any atom is -0.463 e. The highest BCUT2D eigenvalue weighted by Gasteiger charge is 2.18. The highest BCUT2D eigenvalue weighted by molar-refractivity contribution is 6.30. The van der Waals surface area contributed by atoms with Crippen LogP contribution in [-0.2, 0) is 9.53 Å². The van der Waals surface area contributed by atoms with Crippen LogP contribution in [0.15, 0.2) is 40.9 Å². The van der Waals surface area contributed by atoms with Crippen molar-refractivity contribution in [3.8, 4) is 11.6 Å². The first kappa shape index (κ1) is 19.7. The Morgan fingerprint density at radius 3 is 2.61 bits per heavy atom. The van der Waals surface area contributed by atoms with Crippen molar-refractivity contribution in [2.24, 2.45) is 0 Å². The molecule has 0 bridgehead atoms. The van der Waals surface area contributed by atoms with Crippen molar-refractivity contribution in [1.29, 1.82) is 0 Å². The van der Waals surface area contributed by atoms with E-state index in [0.29, 0.717) is 16.3 Å². The van der Waals surface area contributed by atoms with E-state index >= 15 is 0 Å². The molecular weight excluding hydrogens is 384 g/mol. The Morgan fingerprint density at radius 2 is 1.93 bits per heavy atom. The number of hydrogen-bond acceptors (Lipinski definition) is 6. The summed E-state index contributed by atoms with van der Waals surface area (Å²) in [6.45, 7) is 4.70. The molecule has 0 saturated heterocycles. The standard InChI is InChI=1S/C20H19ClN2O5/c1-12-7-17(14(3)23(12)16-6-4-5-15(21)9-16)18(24)10-27-20(25)11-26-19-8-13(2)28-22-19/h4-9H,10-11H2,1-3H3. The first-order valence-corrected chi connectivity index (χ1v) is 8.93. The van der Waals surface area contributed by atoms with Crippen LogP contribution in [0.4, 0.5) is 0 Å². The molecule has 1 aromatic carbocycles. The molecule has 0 spiro atoms. The minimum absolute atomic E-state index is 0.186. The van der Waals surface area contributed by atoms with Gasteiger partial charge in [0.25, 0.3) is 5.88 Å². The average molecular weight is 403 g/mol. The summed E-state index contributed by atoms with van der Waals surface area (Å²) in [5.41, 5.74) is 2.96. The summed E-state index contributed by atoms with van der Waals surface area (Å²) in [5, 5.41) is 4.21. The average Bonchev–Trinajstić information content (AvgIpc) is 3.20. The molecule has 0 aliphatic carbocycles. The fourth-order valence-corrected chi connectivity index (χ4v) is 3.05. The summed E-state index contributed by atoms with van der Waals surface area (Å²) in [4.78, 5) is 24.3. The van der Waals surface area contributed by atoms with Gasteiger partial charge in [-0.15, -0.1) is 0 Å². The van der Waals surface area contributed by atoms with Gasteiger partial charge >= 0.3 is 5.97 Å². The third-order valence-electron chi connectivity index (χ3n) is 4.11. The van der Waals surface area contributed by atoms with E-state index in [0.717, 1.165) is 17.1 Å². The van der Waals surface area contributed by atoms with Gasteiger partial charge < -0.3 is 18.6 Å². The third-order valence-corrected chi connectivity index (χ3v) is 4.34. The Kier molecular flexibility index (Phi) is 5.84. The molecule has 2 heterocycles. The summed E-state index contributed by atoms with van der Waals surface area (Å²) >= 11 is 6.07. The van der Waals surface area contributed by atoms with E-state index in [-0.39, 0.29) is 24.9 Å². The second kappa shape index (κ2) is 8.31. The smallest absolute Gasteiger partial charge is 0.344 e. The van der Waals surface area contributed by atoms with Gasteiger partial charge in [0.2, 0.25) is 5.78 Å². The van der Waals surface area contributed by atoms with Gasteiger partial charge in [0.1, 0.15) is 5.76 Å². The molecule has 0 radical (unpaired) electrons. The zero-order valence-corrected chi connectivity index (χ0v) is 16.4. The number of benzene rings is 1. The predicted octanol–water partition coefficient (Wildman–Crippen LogP) is 3.85. The monoisotopic (exact) mass is 402 g/mol. The molecule has 3 aromatic rings. The second-order valence-corrected chi connectivity index (χ2v) is 6.68. The van der Waals surface area contributed by atoms with Crippen molar-refractivity contribution in [1.82, 2.24) is 9.72 Å². The van der Waals surface area contributed by atoms with Crippen LogP contribution in [0.2, 0.25) is 5.02 Å². The summed E-state index contributed by atoms with van der Waals surface area (Å²) in [7, 11) is 0. The zero-order valence-electron chi connectivity index (χ0n) is 15.7. The highest BCUT2D eigenvalue weighted by atomic mass is 35.5. The number of aromatic nitrogens is 2. The molecule has 0 aliphatic heterocycles. The lowest BCUT2D eigenvalue weighted by Gasteiger charge is -2.10. The van der Waals surface area contributed by atoms with Crippen molar-refractivity contribution < 1.29 is 23.6 Å². The van der Waals surface area contributed by atoms with Crippen LogP contribution in [0.1, 0.15) is 27.5 Å². The normalized spacial score (nSPS) is 10.7. The van der Waals surface area contributed by atoms with Gasteiger partial charge in [-0.05, 0) is 50.2 Å². The predicted molar refractivity (Wildman–Crippen MR) is 102 cm³/mol. The van der Waals surface area contributed by atoms with Crippen molar-refractivity contribution in [3.63, 3.8) is 0 Å². The van der Waals surface area contributed by atoms with E-state index in [2.05, 4.69) is 5.16 Å². The fraction of sp³-hybridized carbons (Fsp3) is 0.250. The summed E-state index contributed by atoms with van der Waals surface area (Å²) in [6, 6.07) is 10.7. The molecule has 0 N–H and O–H groups in total. The number of nitrogens with zero attached hydrogens (tertiary/aromatic N) is 2. The fourth-order valence-electron chi connectivity index (χ4n) is 2.87. The molecule has 28 heavy (non-hydrogen) atoms. The van der Waals surface area contributed by atoms with E-state index < -0.39 is 5.97 Å². The van der Waals surface area contributed by atoms with E-state index in [4.69, 9.17) is 25.6 Å². The van der Waals surface area contributed by atoms with Crippen molar-refractivity contribution in [2.75, 3.05) is 13.2 Å². The lowest BCUT2D eigenvalue weighted by atomic mass is 10.1. The van der Waals surface area contributed by atoms with Crippen molar-refractivity contribution in [3.05, 3.63) is 64.1 Å². The van der Waals surface area contributed by atoms with Crippen LogP contribution in [0.3, 0.4) is 0 Å². The zero-order chi connectivity index (χ0) is 20.3. The molecule has 0 fully saturated rings. The molecule has 8 heteroatoms. The third kappa shape index (κ3) is 4.43. The number of halogens is 1. The molecule has 3 rings (SSSR count).